The molecule has 0 spiro atoms. The number of carbonyl (C=O) groups excluding carboxylic acids is 3. The number of rotatable bonds is 8. The summed E-state index contributed by atoms with van der Waals surface area (Å²) in [4.78, 5) is 42.0. The molecular weight excluding hydrogens is 444 g/mol. The predicted molar refractivity (Wildman–Crippen MR) is 132 cm³/mol. The minimum absolute atomic E-state index is 0.00287. The Morgan fingerprint density at radius 1 is 1.06 bits per heavy atom. The highest BCUT2D eigenvalue weighted by molar-refractivity contribution is 5.98. The average Bonchev–Trinajstić information content (AvgIpc) is 3.02. The lowest BCUT2D eigenvalue weighted by atomic mass is 9.71. The number of hydrogen-bond acceptors (Lipinski definition) is 5. The number of amides is 2. The first-order valence-electron chi connectivity index (χ1n) is 13.0. The van der Waals surface area contributed by atoms with Crippen molar-refractivity contribution < 1.29 is 23.9 Å². The molecule has 7 heteroatoms. The molecule has 2 aliphatic carbocycles. The van der Waals surface area contributed by atoms with Crippen LogP contribution in [0, 0.1) is 17.3 Å². The van der Waals surface area contributed by atoms with Gasteiger partial charge in [-0.25, -0.2) is 0 Å². The van der Waals surface area contributed by atoms with Crippen LogP contribution in [-0.2, 0) is 25.7 Å². The molecule has 1 aromatic carbocycles. The number of nitrogens with one attached hydrogen (secondary N) is 1. The van der Waals surface area contributed by atoms with E-state index in [0.717, 1.165) is 43.4 Å². The molecule has 0 unspecified atom stereocenters. The van der Waals surface area contributed by atoms with Gasteiger partial charge in [-0.05, 0) is 55.7 Å². The maximum absolute atomic E-state index is 13.9. The van der Waals surface area contributed by atoms with Crippen LogP contribution in [0.4, 0.5) is 0 Å². The zero-order valence-electron chi connectivity index (χ0n) is 21.0. The Morgan fingerprint density at radius 2 is 1.80 bits per heavy atom. The Labute approximate surface area is 208 Å². The van der Waals surface area contributed by atoms with E-state index in [2.05, 4.69) is 5.32 Å². The van der Waals surface area contributed by atoms with Crippen LogP contribution < -0.4 is 10.1 Å². The fourth-order valence-corrected chi connectivity index (χ4v) is 6.09. The summed E-state index contributed by atoms with van der Waals surface area (Å²) in [5.74, 6) is -0.266. The Morgan fingerprint density at radius 3 is 2.49 bits per heavy atom. The smallest absolute Gasteiger partial charge is 0.318 e. The van der Waals surface area contributed by atoms with Crippen molar-refractivity contribution in [1.82, 2.24) is 10.2 Å². The molecule has 1 N–H and O–H groups in total. The summed E-state index contributed by atoms with van der Waals surface area (Å²) in [7, 11) is 2.99. The number of methoxy groups -OCH3 is 2. The molecule has 190 valence electrons. The van der Waals surface area contributed by atoms with Crippen molar-refractivity contribution in [3.8, 4) is 5.75 Å². The van der Waals surface area contributed by atoms with Gasteiger partial charge in [-0.3, -0.25) is 14.4 Å². The van der Waals surface area contributed by atoms with Gasteiger partial charge in [0.2, 0.25) is 11.8 Å². The van der Waals surface area contributed by atoms with Crippen LogP contribution in [0.1, 0.15) is 69.8 Å². The van der Waals surface area contributed by atoms with E-state index in [1.807, 2.05) is 30.3 Å². The van der Waals surface area contributed by atoms with Crippen molar-refractivity contribution >= 4 is 17.8 Å². The van der Waals surface area contributed by atoms with Crippen molar-refractivity contribution in [2.45, 2.75) is 70.8 Å². The second kappa shape index (κ2) is 11.3. The largest absolute Gasteiger partial charge is 0.497 e. The number of hydrogen-bond donors (Lipinski definition) is 1. The molecule has 0 bridgehead atoms. The Kier molecular flexibility index (Phi) is 8.14. The maximum atomic E-state index is 13.9. The summed E-state index contributed by atoms with van der Waals surface area (Å²) >= 11 is 0. The van der Waals surface area contributed by atoms with Crippen molar-refractivity contribution in [3.05, 3.63) is 41.6 Å². The average molecular weight is 483 g/mol. The van der Waals surface area contributed by atoms with Gasteiger partial charge < -0.3 is 19.7 Å². The molecule has 1 heterocycles. The lowest BCUT2D eigenvalue weighted by molar-refractivity contribution is -0.155. The van der Waals surface area contributed by atoms with Crippen LogP contribution in [0.5, 0.6) is 5.75 Å². The van der Waals surface area contributed by atoms with Gasteiger partial charge in [-0.15, -0.1) is 0 Å². The fraction of sp³-hybridized carbons (Fsp3) is 0.607. The first-order valence-corrected chi connectivity index (χ1v) is 13.0. The van der Waals surface area contributed by atoms with Gasteiger partial charge in [-0.2, -0.15) is 0 Å². The molecule has 2 amide bonds. The highest BCUT2D eigenvalue weighted by atomic mass is 16.5. The topological polar surface area (TPSA) is 84.9 Å². The molecule has 3 aliphatic rings. The third-order valence-corrected chi connectivity index (χ3v) is 8.02. The molecule has 1 aliphatic heterocycles. The molecule has 0 radical (unpaired) electrons. The van der Waals surface area contributed by atoms with E-state index in [0.29, 0.717) is 31.1 Å². The Bertz CT molecular complexity index is 951. The lowest BCUT2D eigenvalue weighted by Gasteiger charge is -2.31. The number of fused-ring (bicyclic) bond motifs is 1. The van der Waals surface area contributed by atoms with E-state index in [1.165, 1.54) is 26.4 Å². The van der Waals surface area contributed by atoms with Crippen molar-refractivity contribution in [2.24, 2.45) is 17.3 Å². The van der Waals surface area contributed by atoms with Gasteiger partial charge in [0.1, 0.15) is 11.2 Å². The predicted octanol–water partition coefficient (Wildman–Crippen LogP) is 4.36. The summed E-state index contributed by atoms with van der Waals surface area (Å²) in [5, 5.41) is 3.07. The van der Waals surface area contributed by atoms with Crippen LogP contribution in [0.15, 0.2) is 36.0 Å². The third-order valence-electron chi connectivity index (χ3n) is 8.02. The molecule has 35 heavy (non-hydrogen) atoms. The highest BCUT2D eigenvalue weighted by Gasteiger charge is 2.61. The zero-order chi connectivity index (χ0) is 24.8. The fourth-order valence-electron chi connectivity index (χ4n) is 6.09. The number of nitrogens with zero attached hydrogens (tertiary/aromatic N) is 1. The molecule has 1 aromatic rings. The summed E-state index contributed by atoms with van der Waals surface area (Å²) in [6.07, 6.45) is 11.0. The minimum Gasteiger partial charge on any atom is -0.497 e. The molecule has 2 atom stereocenters. The van der Waals surface area contributed by atoms with Crippen molar-refractivity contribution in [1.29, 1.82) is 0 Å². The molecule has 0 aromatic heterocycles. The van der Waals surface area contributed by atoms with Gasteiger partial charge in [0.15, 0.2) is 0 Å². The van der Waals surface area contributed by atoms with E-state index in [4.69, 9.17) is 9.47 Å². The Balaban J connectivity index is 1.59. The van der Waals surface area contributed by atoms with E-state index in [1.54, 1.807) is 12.0 Å². The maximum Gasteiger partial charge on any atom is 0.318 e. The molecular formula is C28H38N2O5. The second-order valence-electron chi connectivity index (χ2n) is 10.1. The molecule has 1 saturated carbocycles. The van der Waals surface area contributed by atoms with Crippen LogP contribution in [0.2, 0.25) is 0 Å². The van der Waals surface area contributed by atoms with Crippen LogP contribution >= 0.6 is 0 Å². The number of benzene rings is 1. The number of carbonyl (C=O) groups is 3. The first kappa shape index (κ1) is 25.3. The van der Waals surface area contributed by atoms with Crippen LogP contribution in [0.3, 0.4) is 0 Å². The molecule has 7 nitrogen and oxygen atoms in total. The quantitative estimate of drug-likeness (QED) is 0.557. The van der Waals surface area contributed by atoms with E-state index in [-0.39, 0.29) is 18.2 Å². The summed E-state index contributed by atoms with van der Waals surface area (Å²) in [6.45, 7) is 0.983. The normalized spacial score (nSPS) is 24.9. The second-order valence-corrected chi connectivity index (χ2v) is 10.1. The van der Waals surface area contributed by atoms with Crippen molar-refractivity contribution in [3.63, 3.8) is 0 Å². The van der Waals surface area contributed by atoms with E-state index < -0.39 is 17.3 Å². The standard InChI is InChI=1S/C28H38N2O5/c1-34-22-14-12-21(13-15-22)19-30-24-11-7-4-8-16-28(24,27(33)35-2)23(26(30)32)17-25(31)29-18-20-9-5-3-6-10-20/h11-15,20,23H,3-10,16-19H2,1-2H3,(H,29,31)/t23-,28-/m0/s1. The van der Waals surface area contributed by atoms with Gasteiger partial charge in [0.05, 0.1) is 26.7 Å². The van der Waals surface area contributed by atoms with Gasteiger partial charge in [-0.1, -0.05) is 43.9 Å². The SMILES string of the molecule is COC(=O)[C@]12CCCCC=C1N(Cc1ccc(OC)cc1)C(=O)[C@@H]2CC(=O)NCC1CCCCC1. The van der Waals surface area contributed by atoms with Gasteiger partial charge in [0, 0.05) is 18.7 Å². The number of ether oxygens (including phenoxy) is 2. The summed E-state index contributed by atoms with van der Waals surface area (Å²) in [5.41, 5.74) is 0.523. The zero-order valence-corrected chi connectivity index (χ0v) is 21.0. The van der Waals surface area contributed by atoms with Gasteiger partial charge in [0.25, 0.3) is 0 Å². The number of likely N-dealkylation sites (tertiary alicyclic amines) is 1. The minimum atomic E-state index is -1.11. The number of esters is 1. The number of allylic oxidation sites excluding steroid dienone is 1. The monoisotopic (exact) mass is 482 g/mol. The Hall–Kier alpha value is -2.83. The lowest BCUT2D eigenvalue weighted by Crippen LogP contribution is -2.42. The highest BCUT2D eigenvalue weighted by Crippen LogP contribution is 2.53. The van der Waals surface area contributed by atoms with Gasteiger partial charge >= 0.3 is 5.97 Å². The van der Waals surface area contributed by atoms with Crippen molar-refractivity contribution in [2.75, 3.05) is 20.8 Å². The van der Waals surface area contributed by atoms with Crippen LogP contribution in [-0.4, -0.2) is 43.4 Å². The first-order chi connectivity index (χ1) is 17.0. The molecule has 4 rings (SSSR count). The molecule has 1 saturated heterocycles. The van der Waals surface area contributed by atoms with E-state index >= 15 is 0 Å². The van der Waals surface area contributed by atoms with Crippen LogP contribution in [0.25, 0.3) is 0 Å². The molecule has 2 fully saturated rings. The van der Waals surface area contributed by atoms with E-state index in [9.17, 15) is 14.4 Å². The third kappa shape index (κ3) is 5.24. The summed E-state index contributed by atoms with van der Waals surface area (Å²) in [6, 6.07) is 7.57. The summed E-state index contributed by atoms with van der Waals surface area (Å²) < 4.78 is 10.5.